The summed E-state index contributed by atoms with van der Waals surface area (Å²) in [6.07, 6.45) is 0. The second kappa shape index (κ2) is 13.7. The van der Waals surface area contributed by atoms with Crippen molar-refractivity contribution < 1.29 is 29.4 Å². The van der Waals surface area contributed by atoms with Crippen molar-refractivity contribution >= 4 is 109 Å². The number of aryl methyl sites for hydroxylation is 1. The Kier molecular flexibility index (Phi) is 11.3. The van der Waals surface area contributed by atoms with Crippen LogP contribution in [0.4, 0.5) is 0 Å². The number of thioether (sulfide) groups is 3. The number of carbonyl (C=O) groups excluding carboxylic acids is 2. The summed E-state index contributed by atoms with van der Waals surface area (Å²) in [5, 5.41) is 27.5. The van der Waals surface area contributed by atoms with Gasteiger partial charge < -0.3 is 15.9 Å². The number of rotatable bonds is 7. The molecule has 4 N–H and O–H groups in total. The van der Waals surface area contributed by atoms with Crippen LogP contribution in [0.1, 0.15) is 18.9 Å². The molecule has 0 unspecified atom stereocenters. The molecule has 12 nitrogen and oxygen atoms in total. The molecule has 5 rings (SSSR count). The third-order valence-electron chi connectivity index (χ3n) is 5.95. The van der Waals surface area contributed by atoms with Crippen LogP contribution in [0.15, 0.2) is 31.9 Å². The van der Waals surface area contributed by atoms with Crippen LogP contribution in [-0.2, 0) is 19.2 Å². The summed E-state index contributed by atoms with van der Waals surface area (Å²) in [5.74, 6) is -0.994. The standard InChI is InChI=1S/C11H13BrN2O3S.C11H12N4O3S3.BrH/c1-5(2)13-7-9(15)14-8(11(16)17)6(3-12)4-18-10(7)14;1-4-13-14-11(21-4)20-3-5-2-19-9-6(12)8(16)15(9)7(5)10(17)18;/h7,10H,3-4H2,1-2H3,(H,16,17);6,9H,2-3,12H2,1H3,(H,17,18);1H/t7-,10-;6-,9-;/m11./s1. The number of carbonyl (C=O) groups is 4. The molecule has 1 aromatic heterocycles. The Morgan fingerprint density at radius 1 is 1.05 bits per heavy atom. The Bertz CT molecular complexity index is 1320. The van der Waals surface area contributed by atoms with E-state index in [0.29, 0.717) is 22.6 Å². The summed E-state index contributed by atoms with van der Waals surface area (Å²) >= 11 is 9.25. The average molecular weight is 759 g/mol. The minimum absolute atomic E-state index is 0. The summed E-state index contributed by atoms with van der Waals surface area (Å²) < 4.78 is 0.795. The fourth-order valence-electron chi connectivity index (χ4n) is 4.21. The van der Waals surface area contributed by atoms with Crippen molar-refractivity contribution in [1.82, 2.24) is 20.0 Å². The Morgan fingerprint density at radius 3 is 2.17 bits per heavy atom. The number of aliphatic carboxylic acids is 2. The lowest BCUT2D eigenvalue weighted by Crippen LogP contribution is -2.68. The van der Waals surface area contributed by atoms with Gasteiger partial charge in [0.05, 0.1) is 0 Å². The van der Waals surface area contributed by atoms with Crippen LogP contribution < -0.4 is 5.73 Å². The number of amides is 2. The van der Waals surface area contributed by atoms with Crippen molar-refractivity contribution in [3.63, 3.8) is 0 Å². The molecule has 0 spiro atoms. The molecular weight excluding hydrogens is 732 g/mol. The van der Waals surface area contributed by atoms with Gasteiger partial charge in [0.2, 0.25) is 5.91 Å². The Hall–Kier alpha value is -1.44. The lowest BCUT2D eigenvalue weighted by molar-refractivity contribution is -0.147. The number of β-lactam (4-membered cyclic amide) rings is 2. The van der Waals surface area contributed by atoms with E-state index in [1.54, 1.807) is 11.8 Å². The van der Waals surface area contributed by atoms with Gasteiger partial charge in [-0.25, -0.2) is 9.59 Å². The van der Waals surface area contributed by atoms with Crippen LogP contribution in [0.3, 0.4) is 0 Å². The molecule has 0 aromatic carbocycles. The van der Waals surface area contributed by atoms with E-state index in [9.17, 15) is 29.4 Å². The highest BCUT2D eigenvalue weighted by molar-refractivity contribution is 9.09. The van der Waals surface area contributed by atoms with E-state index in [-0.39, 0.29) is 50.9 Å². The van der Waals surface area contributed by atoms with Crippen molar-refractivity contribution in [3.8, 4) is 0 Å². The first-order valence-electron chi connectivity index (χ1n) is 11.5. The summed E-state index contributed by atoms with van der Waals surface area (Å²) in [6.45, 7) is 5.54. The van der Waals surface area contributed by atoms with Crippen LogP contribution in [0, 0.1) is 6.92 Å². The van der Waals surface area contributed by atoms with Gasteiger partial charge in [-0.2, -0.15) is 0 Å². The van der Waals surface area contributed by atoms with Crippen molar-refractivity contribution in [3.05, 3.63) is 27.5 Å². The molecule has 218 valence electrons. The third kappa shape index (κ3) is 6.47. The zero-order valence-electron chi connectivity index (χ0n) is 21.4. The van der Waals surface area contributed by atoms with Crippen LogP contribution >= 0.6 is 79.5 Å². The maximum atomic E-state index is 12.0. The van der Waals surface area contributed by atoms with E-state index < -0.39 is 24.0 Å². The Morgan fingerprint density at radius 2 is 1.62 bits per heavy atom. The van der Waals surface area contributed by atoms with Crippen molar-refractivity contribution in [2.45, 2.75) is 47.9 Å². The van der Waals surface area contributed by atoms with Gasteiger partial charge in [-0.05, 0) is 31.9 Å². The van der Waals surface area contributed by atoms with Crippen LogP contribution in [0.5, 0.6) is 0 Å². The highest BCUT2D eigenvalue weighted by Crippen LogP contribution is 2.42. The van der Waals surface area contributed by atoms with Gasteiger partial charge in [-0.1, -0.05) is 39.0 Å². The molecule has 5 heterocycles. The number of nitrogens with zero attached hydrogens (tertiary/aromatic N) is 5. The molecule has 4 aliphatic rings. The Balaban J connectivity index is 0.000000218. The first-order valence-corrected chi connectivity index (χ1v) is 16.5. The molecule has 2 saturated heterocycles. The van der Waals surface area contributed by atoms with Crippen molar-refractivity contribution in [2.75, 3.05) is 22.6 Å². The molecule has 1 aromatic rings. The molecule has 2 amide bonds. The number of alkyl halides is 1. The molecule has 40 heavy (non-hydrogen) atoms. The topological polar surface area (TPSA) is 179 Å². The quantitative estimate of drug-likeness (QED) is 0.161. The monoisotopic (exact) mass is 756 g/mol. The summed E-state index contributed by atoms with van der Waals surface area (Å²) in [5.41, 5.74) is 8.21. The van der Waals surface area contributed by atoms with Gasteiger partial charge in [0.25, 0.3) is 5.91 Å². The fraction of sp³-hybridized carbons (Fsp3) is 0.500. The lowest BCUT2D eigenvalue weighted by Gasteiger charge is -2.48. The van der Waals surface area contributed by atoms with Crippen LogP contribution in [0.2, 0.25) is 0 Å². The maximum Gasteiger partial charge on any atom is 0.352 e. The molecule has 2 fully saturated rings. The number of aromatic nitrogens is 2. The molecular formula is C22H26Br2N6O6S4. The zero-order valence-corrected chi connectivity index (χ0v) is 28.0. The third-order valence-corrected chi connectivity index (χ3v) is 11.4. The van der Waals surface area contributed by atoms with Gasteiger partial charge in [0.15, 0.2) is 10.4 Å². The van der Waals surface area contributed by atoms with Crippen molar-refractivity contribution in [2.24, 2.45) is 10.7 Å². The molecule has 0 saturated carbocycles. The number of carboxylic acids is 2. The molecule has 0 radical (unpaired) electrons. The number of hydrogen-bond acceptors (Lipinski definition) is 12. The minimum atomic E-state index is -1.08. The van der Waals surface area contributed by atoms with E-state index in [4.69, 9.17) is 5.73 Å². The van der Waals surface area contributed by atoms with E-state index >= 15 is 0 Å². The fourth-order valence-corrected chi connectivity index (χ4v) is 9.51. The summed E-state index contributed by atoms with van der Waals surface area (Å²) in [7, 11) is 0. The number of carboxylic acid groups (broad SMARTS) is 2. The number of aliphatic imine (C=N–C) groups is 1. The van der Waals surface area contributed by atoms with Crippen molar-refractivity contribution in [1.29, 1.82) is 0 Å². The molecule has 0 aliphatic carbocycles. The first kappa shape index (κ1) is 33.1. The molecule has 0 bridgehead atoms. The normalized spacial score (nSPS) is 25.0. The molecule has 18 heteroatoms. The largest absolute Gasteiger partial charge is 0.477 e. The molecule has 4 atom stereocenters. The summed E-state index contributed by atoms with van der Waals surface area (Å²) in [6, 6.07) is -1.02. The SMILES string of the molecule is Br.CC(C)=N[C@@H]1C(=O)N2C(C(=O)O)=C(CBr)CS[C@H]12.Cc1nnc(SCC2=C(C(=O)O)N3C(=O)[C@@H](N)[C@H]3SC2)s1. The second-order valence-corrected chi connectivity index (χ2v) is 14.1. The van der Waals surface area contributed by atoms with Gasteiger partial charge >= 0.3 is 11.9 Å². The van der Waals surface area contributed by atoms with Crippen LogP contribution in [0.25, 0.3) is 0 Å². The highest BCUT2D eigenvalue weighted by Gasteiger charge is 2.53. The highest BCUT2D eigenvalue weighted by atomic mass is 79.9. The first-order chi connectivity index (χ1) is 18.5. The number of hydrogen-bond donors (Lipinski definition) is 3. The van der Waals surface area contributed by atoms with E-state index in [1.807, 2.05) is 20.8 Å². The van der Waals surface area contributed by atoms with Crippen LogP contribution in [-0.4, -0.2) is 105 Å². The number of fused-ring (bicyclic) bond motifs is 2. The Labute approximate surface area is 265 Å². The predicted molar refractivity (Wildman–Crippen MR) is 166 cm³/mol. The molecule has 4 aliphatic heterocycles. The lowest BCUT2D eigenvalue weighted by atomic mass is 10.0. The van der Waals surface area contributed by atoms with E-state index in [1.165, 1.54) is 44.7 Å². The zero-order chi connectivity index (χ0) is 28.6. The number of halogens is 2. The van der Waals surface area contributed by atoms with Gasteiger partial charge in [-0.15, -0.1) is 50.7 Å². The summed E-state index contributed by atoms with van der Waals surface area (Å²) in [4.78, 5) is 53.5. The second-order valence-electron chi connectivity index (χ2n) is 8.89. The van der Waals surface area contributed by atoms with Gasteiger partial charge in [0, 0.05) is 28.3 Å². The van der Waals surface area contributed by atoms with Gasteiger partial charge in [0.1, 0.15) is 33.2 Å². The number of nitrogens with two attached hydrogens (primary N) is 1. The maximum absolute atomic E-state index is 12.0. The van der Waals surface area contributed by atoms with E-state index in [2.05, 4.69) is 31.1 Å². The predicted octanol–water partition coefficient (Wildman–Crippen LogP) is 2.58. The average Bonchev–Trinajstić information content (AvgIpc) is 3.33. The minimum Gasteiger partial charge on any atom is -0.477 e. The smallest absolute Gasteiger partial charge is 0.352 e. The van der Waals surface area contributed by atoms with Gasteiger partial charge in [-0.3, -0.25) is 24.4 Å². The van der Waals surface area contributed by atoms with E-state index in [0.717, 1.165) is 26.2 Å².